The molecule has 0 aromatic carbocycles. The van der Waals surface area contributed by atoms with E-state index in [9.17, 15) is 4.79 Å². The molecule has 0 saturated carbocycles. The lowest BCUT2D eigenvalue weighted by molar-refractivity contribution is 0.0503. The van der Waals surface area contributed by atoms with Crippen LogP contribution in [0.25, 0.3) is 0 Å². The Morgan fingerprint density at radius 1 is 1.44 bits per heavy atom. The molecule has 134 valence electrons. The molecule has 0 bridgehead atoms. The Bertz CT molecular complexity index is 693. The molecule has 25 heavy (non-hydrogen) atoms. The third kappa shape index (κ3) is 4.45. The van der Waals surface area contributed by atoms with Crippen LogP contribution in [0.2, 0.25) is 0 Å². The predicted octanol–water partition coefficient (Wildman–Crippen LogP) is 2.82. The van der Waals surface area contributed by atoms with Crippen LogP contribution in [0, 0.1) is 6.92 Å². The number of aryl methyl sites for hydroxylation is 2. The number of carbonyl (C=O) groups excluding carboxylic acids is 1. The summed E-state index contributed by atoms with van der Waals surface area (Å²) in [5, 5.41) is 4.46. The van der Waals surface area contributed by atoms with Crippen molar-refractivity contribution in [3.05, 3.63) is 47.5 Å². The van der Waals surface area contributed by atoms with Gasteiger partial charge in [0.1, 0.15) is 0 Å². The standard InChI is InChI=1S/C19H26N4O2/c1-3-10-23-14-18(15(2)21-23)19(24)22(13-17-8-6-11-25-17)12-16-7-4-5-9-20-16/h4-5,7,9,14,17H,3,6,8,10-13H2,1-2H3/t17-/m1/s1. The Kier molecular flexibility index (Phi) is 5.81. The maximum absolute atomic E-state index is 13.2. The van der Waals surface area contributed by atoms with Crippen molar-refractivity contribution in [3.63, 3.8) is 0 Å². The molecular formula is C19H26N4O2. The Labute approximate surface area is 148 Å². The number of pyridine rings is 1. The van der Waals surface area contributed by atoms with Crippen molar-refractivity contribution in [2.45, 2.75) is 52.3 Å². The van der Waals surface area contributed by atoms with Gasteiger partial charge >= 0.3 is 0 Å². The first-order chi connectivity index (χ1) is 12.2. The third-order valence-corrected chi connectivity index (χ3v) is 4.44. The predicted molar refractivity (Wildman–Crippen MR) is 95.2 cm³/mol. The zero-order valence-electron chi connectivity index (χ0n) is 15.0. The first-order valence-corrected chi connectivity index (χ1v) is 9.02. The van der Waals surface area contributed by atoms with E-state index in [4.69, 9.17) is 4.74 Å². The second-order valence-electron chi connectivity index (χ2n) is 6.53. The van der Waals surface area contributed by atoms with Crippen LogP contribution < -0.4 is 0 Å². The molecule has 1 aliphatic heterocycles. The van der Waals surface area contributed by atoms with E-state index >= 15 is 0 Å². The Hall–Kier alpha value is -2.21. The largest absolute Gasteiger partial charge is 0.376 e. The number of amides is 1. The van der Waals surface area contributed by atoms with Crippen LogP contribution in [0.5, 0.6) is 0 Å². The molecule has 6 nitrogen and oxygen atoms in total. The quantitative estimate of drug-likeness (QED) is 0.776. The van der Waals surface area contributed by atoms with E-state index < -0.39 is 0 Å². The highest BCUT2D eigenvalue weighted by molar-refractivity contribution is 5.95. The summed E-state index contributed by atoms with van der Waals surface area (Å²) in [4.78, 5) is 19.4. The van der Waals surface area contributed by atoms with E-state index in [2.05, 4.69) is 17.0 Å². The van der Waals surface area contributed by atoms with Gasteiger partial charge < -0.3 is 9.64 Å². The topological polar surface area (TPSA) is 60.2 Å². The molecule has 1 amide bonds. The highest BCUT2D eigenvalue weighted by atomic mass is 16.5. The Balaban J connectivity index is 1.80. The van der Waals surface area contributed by atoms with Crippen LogP contribution in [-0.4, -0.2) is 44.8 Å². The fourth-order valence-electron chi connectivity index (χ4n) is 3.18. The molecule has 6 heteroatoms. The number of hydrogen-bond acceptors (Lipinski definition) is 4. The van der Waals surface area contributed by atoms with Crippen molar-refractivity contribution in [3.8, 4) is 0 Å². The van der Waals surface area contributed by atoms with Gasteiger partial charge in [0, 0.05) is 32.1 Å². The smallest absolute Gasteiger partial charge is 0.257 e. The van der Waals surface area contributed by atoms with E-state index in [0.717, 1.165) is 43.8 Å². The van der Waals surface area contributed by atoms with Gasteiger partial charge in [-0.1, -0.05) is 13.0 Å². The summed E-state index contributed by atoms with van der Waals surface area (Å²) >= 11 is 0. The fourth-order valence-corrected chi connectivity index (χ4v) is 3.18. The number of ether oxygens (including phenoxy) is 1. The molecule has 1 aliphatic rings. The van der Waals surface area contributed by atoms with Crippen LogP contribution in [0.4, 0.5) is 0 Å². The maximum atomic E-state index is 13.2. The van der Waals surface area contributed by atoms with Crippen molar-refractivity contribution < 1.29 is 9.53 Å². The summed E-state index contributed by atoms with van der Waals surface area (Å²) < 4.78 is 7.60. The molecule has 2 aromatic heterocycles. The van der Waals surface area contributed by atoms with Gasteiger partial charge in [-0.2, -0.15) is 5.10 Å². The lowest BCUT2D eigenvalue weighted by Gasteiger charge is -2.25. The zero-order chi connectivity index (χ0) is 17.6. The van der Waals surface area contributed by atoms with Gasteiger partial charge in [-0.15, -0.1) is 0 Å². The molecule has 0 spiro atoms. The van der Waals surface area contributed by atoms with Gasteiger partial charge in [-0.3, -0.25) is 14.5 Å². The van der Waals surface area contributed by atoms with Crippen molar-refractivity contribution in [2.24, 2.45) is 0 Å². The fraction of sp³-hybridized carbons (Fsp3) is 0.526. The lowest BCUT2D eigenvalue weighted by Crippen LogP contribution is -2.37. The van der Waals surface area contributed by atoms with E-state index in [0.29, 0.717) is 18.7 Å². The minimum atomic E-state index is 0.000932. The van der Waals surface area contributed by atoms with Gasteiger partial charge in [0.25, 0.3) is 5.91 Å². The average molecular weight is 342 g/mol. The van der Waals surface area contributed by atoms with E-state index in [1.165, 1.54) is 0 Å². The minimum absolute atomic E-state index is 0.000932. The van der Waals surface area contributed by atoms with E-state index in [1.54, 1.807) is 6.20 Å². The summed E-state index contributed by atoms with van der Waals surface area (Å²) in [5.74, 6) is 0.000932. The SMILES string of the molecule is CCCn1cc(C(=O)N(Cc2ccccn2)C[C@H]2CCCO2)c(C)n1. The van der Waals surface area contributed by atoms with Crippen LogP contribution in [-0.2, 0) is 17.8 Å². The van der Waals surface area contributed by atoms with E-state index in [1.807, 2.05) is 40.9 Å². The van der Waals surface area contributed by atoms with Gasteiger partial charge in [0.05, 0.1) is 29.6 Å². The number of aromatic nitrogens is 3. The zero-order valence-corrected chi connectivity index (χ0v) is 15.0. The number of carbonyl (C=O) groups is 1. The maximum Gasteiger partial charge on any atom is 0.257 e. The molecule has 0 radical (unpaired) electrons. The summed E-state index contributed by atoms with van der Waals surface area (Å²) in [6.45, 7) is 6.67. The van der Waals surface area contributed by atoms with Crippen LogP contribution >= 0.6 is 0 Å². The average Bonchev–Trinajstić information content (AvgIpc) is 3.25. The Morgan fingerprint density at radius 3 is 3.00 bits per heavy atom. The summed E-state index contributed by atoms with van der Waals surface area (Å²) in [5.41, 5.74) is 2.33. The third-order valence-electron chi connectivity index (χ3n) is 4.44. The van der Waals surface area contributed by atoms with Crippen molar-refractivity contribution >= 4 is 5.91 Å². The van der Waals surface area contributed by atoms with Gasteiger partial charge in [0.2, 0.25) is 0 Å². The molecule has 3 heterocycles. The van der Waals surface area contributed by atoms with Crippen LogP contribution in [0.3, 0.4) is 0 Å². The summed E-state index contributed by atoms with van der Waals surface area (Å²) in [6, 6.07) is 5.78. The highest BCUT2D eigenvalue weighted by Gasteiger charge is 2.26. The monoisotopic (exact) mass is 342 g/mol. The molecule has 1 fully saturated rings. The summed E-state index contributed by atoms with van der Waals surface area (Å²) in [6.07, 6.45) is 6.78. The van der Waals surface area contributed by atoms with Crippen LogP contribution in [0.15, 0.2) is 30.6 Å². The molecule has 0 unspecified atom stereocenters. The molecule has 0 aliphatic carbocycles. The van der Waals surface area contributed by atoms with Gasteiger partial charge in [-0.25, -0.2) is 0 Å². The molecule has 3 rings (SSSR count). The number of rotatable bonds is 7. The molecule has 2 aromatic rings. The number of nitrogens with zero attached hydrogens (tertiary/aromatic N) is 4. The van der Waals surface area contributed by atoms with Gasteiger partial charge in [-0.05, 0) is 38.3 Å². The minimum Gasteiger partial charge on any atom is -0.376 e. The first-order valence-electron chi connectivity index (χ1n) is 9.02. The van der Waals surface area contributed by atoms with Crippen LogP contribution in [0.1, 0.15) is 47.9 Å². The second-order valence-corrected chi connectivity index (χ2v) is 6.53. The molecule has 0 N–H and O–H groups in total. The van der Waals surface area contributed by atoms with Crippen molar-refractivity contribution in [1.82, 2.24) is 19.7 Å². The Morgan fingerprint density at radius 2 is 2.32 bits per heavy atom. The van der Waals surface area contributed by atoms with E-state index in [-0.39, 0.29) is 12.0 Å². The molecule has 1 saturated heterocycles. The first kappa shape index (κ1) is 17.6. The summed E-state index contributed by atoms with van der Waals surface area (Å²) in [7, 11) is 0. The number of hydrogen-bond donors (Lipinski definition) is 0. The van der Waals surface area contributed by atoms with Gasteiger partial charge in [0.15, 0.2) is 0 Å². The molecule has 1 atom stereocenters. The normalized spacial score (nSPS) is 17.0. The van der Waals surface area contributed by atoms with Crippen molar-refractivity contribution in [1.29, 1.82) is 0 Å². The second kappa shape index (κ2) is 8.25. The highest BCUT2D eigenvalue weighted by Crippen LogP contribution is 2.18. The lowest BCUT2D eigenvalue weighted by atomic mass is 10.1. The van der Waals surface area contributed by atoms with Crippen molar-refractivity contribution in [2.75, 3.05) is 13.2 Å². The molecular weight excluding hydrogens is 316 g/mol.